The average Bonchev–Trinajstić information content (AvgIpc) is 2.97. The van der Waals surface area contributed by atoms with E-state index in [2.05, 4.69) is 5.32 Å². The van der Waals surface area contributed by atoms with Crippen molar-refractivity contribution >= 4 is 12.0 Å². The second-order valence-corrected chi connectivity index (χ2v) is 7.13. The van der Waals surface area contributed by atoms with Crippen molar-refractivity contribution in [2.75, 3.05) is 26.3 Å². The van der Waals surface area contributed by atoms with Crippen molar-refractivity contribution in [2.45, 2.75) is 58.1 Å². The summed E-state index contributed by atoms with van der Waals surface area (Å²) >= 11 is 0. The number of carbonyl (C=O) groups is 2. The Morgan fingerprint density at radius 1 is 1.27 bits per heavy atom. The van der Waals surface area contributed by atoms with E-state index in [1.807, 2.05) is 20.8 Å². The van der Waals surface area contributed by atoms with Gasteiger partial charge in [-0.05, 0) is 46.5 Å². The molecule has 6 heteroatoms. The van der Waals surface area contributed by atoms with Gasteiger partial charge in [0.1, 0.15) is 5.60 Å². The minimum atomic E-state index is -0.497. The van der Waals surface area contributed by atoms with Crippen LogP contribution in [0.5, 0.6) is 0 Å². The maximum Gasteiger partial charge on any atom is 0.410 e. The van der Waals surface area contributed by atoms with E-state index in [0.717, 1.165) is 25.7 Å². The molecule has 2 unspecified atom stereocenters. The molecular formula is C16H28N2O4. The topological polar surface area (TPSA) is 67.9 Å². The van der Waals surface area contributed by atoms with Gasteiger partial charge in [0.25, 0.3) is 0 Å². The number of amides is 2. The summed E-state index contributed by atoms with van der Waals surface area (Å²) in [6.45, 7) is 7.96. The van der Waals surface area contributed by atoms with Crippen LogP contribution in [-0.2, 0) is 14.3 Å². The summed E-state index contributed by atoms with van der Waals surface area (Å²) < 4.78 is 10.7. The molecule has 0 aromatic rings. The minimum absolute atomic E-state index is 0.0230. The second-order valence-electron chi connectivity index (χ2n) is 7.13. The van der Waals surface area contributed by atoms with Crippen molar-refractivity contribution in [3.63, 3.8) is 0 Å². The molecule has 0 aromatic heterocycles. The molecular weight excluding hydrogens is 284 g/mol. The summed E-state index contributed by atoms with van der Waals surface area (Å²) in [7, 11) is 0. The Kier molecular flexibility index (Phi) is 5.67. The van der Waals surface area contributed by atoms with E-state index in [0.29, 0.717) is 26.3 Å². The molecule has 22 heavy (non-hydrogen) atoms. The standard InChI is InChI=1S/C16H28N2O4/c1-16(2,3)22-15(20)18-8-5-4-6-13(18)10-17-14(19)12-7-9-21-11-12/h12-13H,4-11H2,1-3H3,(H,17,19). The fourth-order valence-electron chi connectivity index (χ4n) is 2.88. The number of ether oxygens (including phenoxy) is 2. The molecule has 2 saturated heterocycles. The molecule has 0 bridgehead atoms. The third-order valence-electron chi connectivity index (χ3n) is 4.07. The van der Waals surface area contributed by atoms with Crippen molar-refractivity contribution in [3.8, 4) is 0 Å². The fourth-order valence-corrected chi connectivity index (χ4v) is 2.88. The third kappa shape index (κ3) is 4.87. The Labute approximate surface area is 132 Å². The van der Waals surface area contributed by atoms with Crippen LogP contribution in [0.1, 0.15) is 46.5 Å². The summed E-state index contributed by atoms with van der Waals surface area (Å²) in [4.78, 5) is 26.1. The van der Waals surface area contributed by atoms with Crippen LogP contribution in [-0.4, -0.2) is 54.8 Å². The fraction of sp³-hybridized carbons (Fsp3) is 0.875. The zero-order valence-corrected chi connectivity index (χ0v) is 13.9. The number of nitrogens with zero attached hydrogens (tertiary/aromatic N) is 1. The smallest absolute Gasteiger partial charge is 0.410 e. The van der Waals surface area contributed by atoms with Crippen molar-refractivity contribution in [1.82, 2.24) is 10.2 Å². The van der Waals surface area contributed by atoms with Crippen LogP contribution in [0, 0.1) is 5.92 Å². The van der Waals surface area contributed by atoms with Crippen LogP contribution < -0.4 is 5.32 Å². The summed E-state index contributed by atoms with van der Waals surface area (Å²) in [5, 5.41) is 2.97. The number of hydrogen-bond acceptors (Lipinski definition) is 4. The number of hydrogen-bond donors (Lipinski definition) is 1. The van der Waals surface area contributed by atoms with Gasteiger partial charge in [-0.25, -0.2) is 4.79 Å². The maximum absolute atomic E-state index is 12.3. The average molecular weight is 312 g/mol. The van der Waals surface area contributed by atoms with Crippen LogP contribution in [0.25, 0.3) is 0 Å². The van der Waals surface area contributed by atoms with E-state index in [4.69, 9.17) is 9.47 Å². The lowest BCUT2D eigenvalue weighted by Crippen LogP contribution is -2.51. The van der Waals surface area contributed by atoms with Gasteiger partial charge in [-0.15, -0.1) is 0 Å². The van der Waals surface area contributed by atoms with Gasteiger partial charge in [-0.1, -0.05) is 0 Å². The van der Waals surface area contributed by atoms with Crippen molar-refractivity contribution < 1.29 is 19.1 Å². The summed E-state index contributed by atoms with van der Waals surface area (Å²) in [5.41, 5.74) is -0.497. The second kappa shape index (κ2) is 7.31. The van der Waals surface area contributed by atoms with E-state index in [1.54, 1.807) is 4.90 Å². The third-order valence-corrected chi connectivity index (χ3v) is 4.07. The molecule has 6 nitrogen and oxygen atoms in total. The van der Waals surface area contributed by atoms with Gasteiger partial charge in [-0.3, -0.25) is 4.79 Å². The van der Waals surface area contributed by atoms with Gasteiger partial charge in [0, 0.05) is 19.7 Å². The molecule has 0 saturated carbocycles. The number of carbonyl (C=O) groups excluding carboxylic acids is 2. The first-order chi connectivity index (χ1) is 10.4. The van der Waals surface area contributed by atoms with E-state index in [9.17, 15) is 9.59 Å². The van der Waals surface area contributed by atoms with Crippen molar-refractivity contribution in [3.05, 3.63) is 0 Å². The minimum Gasteiger partial charge on any atom is -0.444 e. The molecule has 0 aliphatic carbocycles. The number of rotatable bonds is 3. The number of likely N-dealkylation sites (tertiary alicyclic amines) is 1. The van der Waals surface area contributed by atoms with Crippen LogP contribution >= 0.6 is 0 Å². The zero-order valence-electron chi connectivity index (χ0n) is 13.9. The van der Waals surface area contributed by atoms with Crippen molar-refractivity contribution in [2.24, 2.45) is 5.92 Å². The normalized spacial score (nSPS) is 25.9. The van der Waals surface area contributed by atoms with Gasteiger partial charge < -0.3 is 19.7 Å². The lowest BCUT2D eigenvalue weighted by molar-refractivity contribution is -0.125. The lowest BCUT2D eigenvalue weighted by atomic mass is 10.0. The summed E-state index contributed by atoms with van der Waals surface area (Å²) in [6.07, 6.45) is 3.47. The Morgan fingerprint density at radius 3 is 2.68 bits per heavy atom. The van der Waals surface area contributed by atoms with Crippen LogP contribution in [0.15, 0.2) is 0 Å². The largest absolute Gasteiger partial charge is 0.444 e. The molecule has 2 aliphatic heterocycles. The summed E-state index contributed by atoms with van der Waals surface area (Å²) in [6, 6.07) is 0.0230. The highest BCUT2D eigenvalue weighted by Crippen LogP contribution is 2.20. The lowest BCUT2D eigenvalue weighted by Gasteiger charge is -2.37. The highest BCUT2D eigenvalue weighted by molar-refractivity contribution is 5.79. The molecule has 2 heterocycles. The molecule has 2 fully saturated rings. The molecule has 2 amide bonds. The Morgan fingerprint density at radius 2 is 2.05 bits per heavy atom. The number of nitrogens with one attached hydrogen (secondary N) is 1. The molecule has 2 atom stereocenters. The van der Waals surface area contributed by atoms with E-state index in [1.165, 1.54) is 0 Å². The molecule has 0 aromatic carbocycles. The molecule has 1 N–H and O–H groups in total. The Balaban J connectivity index is 1.86. The summed E-state index contributed by atoms with van der Waals surface area (Å²) in [5.74, 6) is -0.00854. The quantitative estimate of drug-likeness (QED) is 0.864. The van der Waals surface area contributed by atoms with Crippen LogP contribution in [0.4, 0.5) is 4.79 Å². The van der Waals surface area contributed by atoms with Gasteiger partial charge >= 0.3 is 6.09 Å². The van der Waals surface area contributed by atoms with Gasteiger partial charge in [0.2, 0.25) is 5.91 Å². The predicted octanol–water partition coefficient (Wildman–Crippen LogP) is 1.93. The highest BCUT2D eigenvalue weighted by atomic mass is 16.6. The van der Waals surface area contributed by atoms with Gasteiger partial charge in [-0.2, -0.15) is 0 Å². The molecule has 126 valence electrons. The SMILES string of the molecule is CC(C)(C)OC(=O)N1CCCCC1CNC(=O)C1CCOC1. The first-order valence-electron chi connectivity index (χ1n) is 8.22. The number of piperidine rings is 1. The molecule has 0 spiro atoms. The van der Waals surface area contributed by atoms with Gasteiger partial charge in [0.15, 0.2) is 0 Å². The zero-order chi connectivity index (χ0) is 16.2. The molecule has 2 rings (SSSR count). The Bertz CT molecular complexity index is 399. The first kappa shape index (κ1) is 17.1. The molecule has 2 aliphatic rings. The van der Waals surface area contributed by atoms with Crippen molar-refractivity contribution in [1.29, 1.82) is 0 Å². The molecule has 0 radical (unpaired) electrons. The highest BCUT2D eigenvalue weighted by Gasteiger charge is 2.31. The van der Waals surface area contributed by atoms with E-state index < -0.39 is 5.60 Å². The monoisotopic (exact) mass is 312 g/mol. The van der Waals surface area contributed by atoms with E-state index in [-0.39, 0.29) is 24.0 Å². The van der Waals surface area contributed by atoms with E-state index >= 15 is 0 Å². The Hall–Kier alpha value is -1.30. The van der Waals surface area contributed by atoms with Gasteiger partial charge in [0.05, 0.1) is 18.6 Å². The van der Waals surface area contributed by atoms with Crippen LogP contribution in [0.2, 0.25) is 0 Å². The predicted molar refractivity (Wildman–Crippen MR) is 82.5 cm³/mol. The van der Waals surface area contributed by atoms with Crippen LogP contribution in [0.3, 0.4) is 0 Å². The maximum atomic E-state index is 12.3. The first-order valence-corrected chi connectivity index (χ1v) is 8.22.